The van der Waals surface area contributed by atoms with E-state index in [4.69, 9.17) is 9.47 Å². The van der Waals surface area contributed by atoms with Gasteiger partial charge in [0.15, 0.2) is 11.5 Å². The average Bonchev–Trinajstić information content (AvgIpc) is 2.97. The van der Waals surface area contributed by atoms with Gasteiger partial charge in [-0.3, -0.25) is 4.79 Å². The predicted octanol–water partition coefficient (Wildman–Crippen LogP) is 4.30. The topological polar surface area (TPSA) is 47.6 Å². The normalized spacial score (nSPS) is 13.7. The number of benzene rings is 2. The van der Waals surface area contributed by atoms with Crippen molar-refractivity contribution in [1.82, 2.24) is 0 Å². The number of halogens is 1. The fraction of sp³-hybridized carbons (Fsp3) is 0.188. The molecule has 0 aliphatic carbocycles. The third-order valence-electron chi connectivity index (χ3n) is 3.14. The minimum absolute atomic E-state index is 0.0493. The molecule has 2 aromatic rings. The van der Waals surface area contributed by atoms with Crippen molar-refractivity contribution in [2.24, 2.45) is 0 Å². The summed E-state index contributed by atoms with van der Waals surface area (Å²) in [4.78, 5) is 13.3. The van der Waals surface area contributed by atoms with Crippen LogP contribution in [0.3, 0.4) is 0 Å². The summed E-state index contributed by atoms with van der Waals surface area (Å²) < 4.78 is 11.6. The van der Waals surface area contributed by atoms with Crippen molar-refractivity contribution in [3.63, 3.8) is 0 Å². The summed E-state index contributed by atoms with van der Waals surface area (Å²) in [5, 5.41) is 2.70. The molecule has 0 unspecified atom stereocenters. The van der Waals surface area contributed by atoms with Crippen LogP contribution in [0.25, 0.3) is 0 Å². The van der Waals surface area contributed by atoms with Gasteiger partial charge in [0.1, 0.15) is 0 Å². The molecule has 0 spiro atoms. The number of anilines is 1. The van der Waals surface area contributed by atoms with Gasteiger partial charge in [0.05, 0.1) is 5.25 Å². The quantitative estimate of drug-likeness (QED) is 0.804. The van der Waals surface area contributed by atoms with Gasteiger partial charge in [-0.1, -0.05) is 15.9 Å². The average molecular weight is 380 g/mol. The fourth-order valence-corrected chi connectivity index (χ4v) is 3.12. The Labute approximate surface area is 141 Å². The van der Waals surface area contributed by atoms with Crippen LogP contribution in [-0.4, -0.2) is 18.0 Å². The third kappa shape index (κ3) is 3.56. The molecule has 0 saturated carbocycles. The van der Waals surface area contributed by atoms with Crippen molar-refractivity contribution in [3.05, 3.63) is 46.9 Å². The maximum Gasteiger partial charge on any atom is 0.237 e. The van der Waals surface area contributed by atoms with Gasteiger partial charge in [0.25, 0.3) is 0 Å². The SMILES string of the molecule is C[C@@H](Sc1ccc(Br)cc1)C(=O)Nc1ccc2c(c1)OCO2. The zero-order valence-electron chi connectivity index (χ0n) is 11.8. The van der Waals surface area contributed by atoms with E-state index in [1.165, 1.54) is 11.8 Å². The largest absolute Gasteiger partial charge is 0.454 e. The first-order valence-corrected chi connectivity index (χ1v) is 8.42. The van der Waals surface area contributed by atoms with Crippen LogP contribution in [-0.2, 0) is 4.79 Å². The Kier molecular flexibility index (Phi) is 4.59. The number of nitrogens with one attached hydrogen (secondary N) is 1. The molecule has 1 aliphatic heterocycles. The monoisotopic (exact) mass is 379 g/mol. The second-order valence-electron chi connectivity index (χ2n) is 4.77. The first kappa shape index (κ1) is 15.2. The van der Waals surface area contributed by atoms with Gasteiger partial charge in [-0.2, -0.15) is 0 Å². The van der Waals surface area contributed by atoms with Crippen LogP contribution < -0.4 is 14.8 Å². The van der Waals surface area contributed by atoms with Crippen LogP contribution in [0.5, 0.6) is 11.5 Å². The molecular formula is C16H14BrNO3S. The number of fused-ring (bicyclic) bond motifs is 1. The van der Waals surface area contributed by atoms with Gasteiger partial charge >= 0.3 is 0 Å². The Morgan fingerprint density at radius 2 is 1.91 bits per heavy atom. The van der Waals surface area contributed by atoms with E-state index in [9.17, 15) is 4.79 Å². The van der Waals surface area contributed by atoms with Crippen LogP contribution in [0, 0.1) is 0 Å². The molecule has 4 nitrogen and oxygen atoms in total. The van der Waals surface area contributed by atoms with Crippen molar-refractivity contribution in [2.45, 2.75) is 17.1 Å². The van der Waals surface area contributed by atoms with Crippen molar-refractivity contribution < 1.29 is 14.3 Å². The van der Waals surface area contributed by atoms with Crippen molar-refractivity contribution >= 4 is 39.3 Å². The first-order chi connectivity index (χ1) is 10.6. The Bertz CT molecular complexity index is 690. The number of rotatable bonds is 4. The molecule has 0 aromatic heterocycles. The second kappa shape index (κ2) is 6.62. The number of thioether (sulfide) groups is 1. The summed E-state index contributed by atoms with van der Waals surface area (Å²) in [6.07, 6.45) is 0. The summed E-state index contributed by atoms with van der Waals surface area (Å²) in [6, 6.07) is 13.3. The zero-order chi connectivity index (χ0) is 15.5. The van der Waals surface area contributed by atoms with E-state index in [1.54, 1.807) is 12.1 Å². The van der Waals surface area contributed by atoms with Crippen molar-refractivity contribution in [3.8, 4) is 11.5 Å². The van der Waals surface area contributed by atoms with E-state index < -0.39 is 0 Å². The number of hydrogen-bond acceptors (Lipinski definition) is 4. The molecule has 3 rings (SSSR count). The molecule has 1 heterocycles. The maximum atomic E-state index is 12.3. The predicted molar refractivity (Wildman–Crippen MR) is 90.7 cm³/mol. The van der Waals surface area contributed by atoms with E-state index in [2.05, 4.69) is 21.2 Å². The van der Waals surface area contributed by atoms with Gasteiger partial charge in [-0.05, 0) is 43.3 Å². The molecule has 1 amide bonds. The lowest BCUT2D eigenvalue weighted by atomic mass is 10.2. The highest BCUT2D eigenvalue weighted by molar-refractivity contribution is 9.10. The maximum absolute atomic E-state index is 12.3. The molecule has 114 valence electrons. The Morgan fingerprint density at radius 3 is 2.68 bits per heavy atom. The van der Waals surface area contributed by atoms with E-state index in [1.807, 2.05) is 37.3 Å². The molecule has 2 aromatic carbocycles. The molecule has 0 saturated heterocycles. The Hall–Kier alpha value is -1.66. The summed E-state index contributed by atoms with van der Waals surface area (Å²) in [5.41, 5.74) is 0.706. The molecule has 0 bridgehead atoms. The fourth-order valence-electron chi connectivity index (χ4n) is 1.99. The van der Waals surface area contributed by atoms with Gasteiger partial charge in [0, 0.05) is 21.1 Å². The van der Waals surface area contributed by atoms with Gasteiger partial charge in [-0.25, -0.2) is 0 Å². The molecular weight excluding hydrogens is 366 g/mol. The van der Waals surface area contributed by atoms with E-state index in [0.29, 0.717) is 17.2 Å². The lowest BCUT2D eigenvalue weighted by Gasteiger charge is -2.12. The van der Waals surface area contributed by atoms with E-state index in [-0.39, 0.29) is 18.0 Å². The number of carbonyl (C=O) groups is 1. The lowest BCUT2D eigenvalue weighted by molar-refractivity contribution is -0.115. The molecule has 1 aliphatic rings. The van der Waals surface area contributed by atoms with Crippen LogP contribution in [0.4, 0.5) is 5.69 Å². The summed E-state index contributed by atoms with van der Waals surface area (Å²) in [6.45, 7) is 2.11. The van der Waals surface area contributed by atoms with Gasteiger partial charge < -0.3 is 14.8 Å². The van der Waals surface area contributed by atoms with Gasteiger partial charge in [-0.15, -0.1) is 11.8 Å². The highest BCUT2D eigenvalue weighted by Gasteiger charge is 2.17. The Morgan fingerprint density at radius 1 is 1.18 bits per heavy atom. The minimum Gasteiger partial charge on any atom is -0.454 e. The lowest BCUT2D eigenvalue weighted by Crippen LogP contribution is -2.22. The van der Waals surface area contributed by atoms with Gasteiger partial charge in [0.2, 0.25) is 12.7 Å². The number of hydrogen-bond donors (Lipinski definition) is 1. The second-order valence-corrected chi connectivity index (χ2v) is 7.10. The Balaban J connectivity index is 1.62. The number of ether oxygens (including phenoxy) is 2. The van der Waals surface area contributed by atoms with Crippen LogP contribution in [0.1, 0.15) is 6.92 Å². The highest BCUT2D eigenvalue weighted by Crippen LogP contribution is 2.34. The number of carbonyl (C=O) groups excluding carboxylic acids is 1. The van der Waals surface area contributed by atoms with Crippen LogP contribution >= 0.6 is 27.7 Å². The zero-order valence-corrected chi connectivity index (χ0v) is 14.2. The summed E-state index contributed by atoms with van der Waals surface area (Å²) in [5.74, 6) is 1.31. The van der Waals surface area contributed by atoms with Crippen molar-refractivity contribution in [2.75, 3.05) is 12.1 Å². The van der Waals surface area contributed by atoms with E-state index in [0.717, 1.165) is 9.37 Å². The van der Waals surface area contributed by atoms with Crippen LogP contribution in [0.15, 0.2) is 51.8 Å². The third-order valence-corrected chi connectivity index (χ3v) is 4.78. The minimum atomic E-state index is -0.202. The standard InChI is InChI=1S/C16H14BrNO3S/c1-10(22-13-5-2-11(17)3-6-13)16(19)18-12-4-7-14-15(8-12)21-9-20-14/h2-8,10H,9H2,1H3,(H,18,19)/t10-/m1/s1. The molecule has 0 fully saturated rings. The number of amides is 1. The van der Waals surface area contributed by atoms with Crippen LogP contribution in [0.2, 0.25) is 0 Å². The molecule has 1 atom stereocenters. The summed E-state index contributed by atoms with van der Waals surface area (Å²) >= 11 is 4.91. The molecule has 22 heavy (non-hydrogen) atoms. The van der Waals surface area contributed by atoms with Crippen molar-refractivity contribution in [1.29, 1.82) is 0 Å². The molecule has 6 heteroatoms. The first-order valence-electron chi connectivity index (χ1n) is 6.74. The highest BCUT2D eigenvalue weighted by atomic mass is 79.9. The molecule has 0 radical (unpaired) electrons. The molecule has 1 N–H and O–H groups in total. The smallest absolute Gasteiger partial charge is 0.237 e. The van der Waals surface area contributed by atoms with E-state index >= 15 is 0 Å². The summed E-state index contributed by atoms with van der Waals surface area (Å²) in [7, 11) is 0.